The van der Waals surface area contributed by atoms with Gasteiger partial charge in [-0.2, -0.15) is 0 Å². The first kappa shape index (κ1) is 21.9. The predicted molar refractivity (Wildman–Crippen MR) is 124 cm³/mol. The highest BCUT2D eigenvalue weighted by Crippen LogP contribution is 2.34. The average molecular weight is 443 g/mol. The molecule has 1 aliphatic rings. The van der Waals surface area contributed by atoms with Crippen molar-refractivity contribution in [3.05, 3.63) is 58.5 Å². The van der Waals surface area contributed by atoms with E-state index in [9.17, 15) is 9.59 Å². The SMILES string of the molecule is COc1ccc(/C=C2\SC(=S)N(CCC(=O)Nc3ccc(C)cc3)C2=O)cc1OC. The molecule has 8 heteroatoms. The summed E-state index contributed by atoms with van der Waals surface area (Å²) in [6.07, 6.45) is 1.91. The van der Waals surface area contributed by atoms with E-state index in [0.29, 0.717) is 20.7 Å². The molecule has 0 unspecified atom stereocenters. The lowest BCUT2D eigenvalue weighted by Crippen LogP contribution is -2.31. The van der Waals surface area contributed by atoms with Crippen LogP contribution in [0.1, 0.15) is 17.5 Å². The van der Waals surface area contributed by atoms with Crippen molar-refractivity contribution >= 4 is 51.9 Å². The Hall–Kier alpha value is -2.84. The molecule has 0 aromatic heterocycles. The lowest BCUT2D eigenvalue weighted by molar-refractivity contribution is -0.122. The van der Waals surface area contributed by atoms with E-state index in [1.54, 1.807) is 32.4 Å². The lowest BCUT2D eigenvalue weighted by atomic mass is 10.2. The number of thioether (sulfide) groups is 1. The summed E-state index contributed by atoms with van der Waals surface area (Å²) in [6, 6.07) is 13.0. The molecule has 3 rings (SSSR count). The zero-order chi connectivity index (χ0) is 21.7. The Kier molecular flexibility index (Phi) is 7.12. The van der Waals surface area contributed by atoms with Gasteiger partial charge in [0.25, 0.3) is 5.91 Å². The summed E-state index contributed by atoms with van der Waals surface area (Å²) in [7, 11) is 3.13. The van der Waals surface area contributed by atoms with E-state index in [0.717, 1.165) is 16.8 Å². The number of rotatable bonds is 7. The van der Waals surface area contributed by atoms with E-state index in [2.05, 4.69) is 5.32 Å². The van der Waals surface area contributed by atoms with Crippen LogP contribution in [-0.4, -0.2) is 41.8 Å². The molecule has 0 radical (unpaired) electrons. The van der Waals surface area contributed by atoms with Crippen molar-refractivity contribution in [2.24, 2.45) is 0 Å². The van der Waals surface area contributed by atoms with Gasteiger partial charge in [-0.3, -0.25) is 14.5 Å². The molecule has 0 atom stereocenters. The van der Waals surface area contributed by atoms with E-state index in [1.807, 2.05) is 37.3 Å². The molecule has 1 saturated heterocycles. The molecule has 0 spiro atoms. The molecule has 1 N–H and O–H groups in total. The van der Waals surface area contributed by atoms with Crippen molar-refractivity contribution < 1.29 is 19.1 Å². The first-order valence-corrected chi connectivity index (χ1v) is 10.5. The molecule has 0 saturated carbocycles. The standard InChI is InChI=1S/C22H22N2O4S2/c1-14-4-7-16(8-5-14)23-20(25)10-11-24-21(26)19(30-22(24)29)13-15-6-9-17(27-2)18(12-15)28-3/h4-9,12-13H,10-11H2,1-3H3,(H,23,25)/b19-13-. The van der Waals surface area contributed by atoms with E-state index in [4.69, 9.17) is 21.7 Å². The number of methoxy groups -OCH3 is 2. The smallest absolute Gasteiger partial charge is 0.266 e. The van der Waals surface area contributed by atoms with Crippen LogP contribution in [0.4, 0.5) is 5.69 Å². The average Bonchev–Trinajstić information content (AvgIpc) is 3.00. The maximum absolute atomic E-state index is 12.8. The Morgan fingerprint density at radius 1 is 1.13 bits per heavy atom. The number of hydrogen-bond donors (Lipinski definition) is 1. The second-order valence-corrected chi connectivity index (χ2v) is 8.29. The van der Waals surface area contributed by atoms with Gasteiger partial charge in [0.15, 0.2) is 11.5 Å². The first-order valence-electron chi connectivity index (χ1n) is 9.25. The molecule has 1 heterocycles. The van der Waals surface area contributed by atoms with Crippen molar-refractivity contribution in [1.29, 1.82) is 0 Å². The number of anilines is 1. The molecule has 2 amide bonds. The second kappa shape index (κ2) is 9.77. The third-order valence-corrected chi connectivity index (χ3v) is 5.85. The molecule has 1 fully saturated rings. The van der Waals surface area contributed by atoms with Crippen LogP contribution < -0.4 is 14.8 Å². The summed E-state index contributed by atoms with van der Waals surface area (Å²) in [6.45, 7) is 2.21. The monoisotopic (exact) mass is 442 g/mol. The minimum atomic E-state index is -0.206. The minimum Gasteiger partial charge on any atom is -0.493 e. The van der Waals surface area contributed by atoms with Gasteiger partial charge in [-0.15, -0.1) is 0 Å². The Morgan fingerprint density at radius 3 is 2.50 bits per heavy atom. The Bertz CT molecular complexity index is 1000. The summed E-state index contributed by atoms with van der Waals surface area (Å²) in [5.74, 6) is 0.816. The normalized spacial score (nSPS) is 14.9. The predicted octanol–water partition coefficient (Wildman–Crippen LogP) is 4.24. The fraction of sp³-hybridized carbons (Fsp3) is 0.227. The molecule has 156 valence electrons. The van der Waals surface area contributed by atoms with Gasteiger partial charge in [0.1, 0.15) is 4.32 Å². The van der Waals surface area contributed by atoms with Crippen molar-refractivity contribution in [2.75, 3.05) is 26.1 Å². The van der Waals surface area contributed by atoms with Gasteiger partial charge in [0.05, 0.1) is 19.1 Å². The summed E-state index contributed by atoms with van der Waals surface area (Å²) < 4.78 is 11.0. The molecule has 0 bridgehead atoms. The van der Waals surface area contributed by atoms with Gasteiger partial charge >= 0.3 is 0 Å². The molecule has 2 aromatic carbocycles. The Morgan fingerprint density at radius 2 is 1.83 bits per heavy atom. The van der Waals surface area contributed by atoms with Crippen molar-refractivity contribution in [3.63, 3.8) is 0 Å². The van der Waals surface area contributed by atoms with E-state index in [1.165, 1.54) is 16.7 Å². The number of aryl methyl sites for hydroxylation is 1. The summed E-state index contributed by atoms with van der Waals surface area (Å²) >= 11 is 6.57. The zero-order valence-electron chi connectivity index (χ0n) is 16.9. The molecule has 6 nitrogen and oxygen atoms in total. The number of benzene rings is 2. The molecular weight excluding hydrogens is 420 g/mol. The molecule has 30 heavy (non-hydrogen) atoms. The van der Waals surface area contributed by atoms with Crippen LogP contribution in [0.15, 0.2) is 47.4 Å². The highest BCUT2D eigenvalue weighted by molar-refractivity contribution is 8.26. The fourth-order valence-electron chi connectivity index (χ4n) is 2.86. The molecular formula is C22H22N2O4S2. The maximum Gasteiger partial charge on any atom is 0.266 e. The van der Waals surface area contributed by atoms with E-state index >= 15 is 0 Å². The molecule has 1 aliphatic heterocycles. The van der Waals surface area contributed by atoms with Gasteiger partial charge in [-0.1, -0.05) is 47.7 Å². The maximum atomic E-state index is 12.8. The lowest BCUT2D eigenvalue weighted by Gasteiger charge is -2.14. The van der Waals surface area contributed by atoms with Crippen LogP contribution >= 0.6 is 24.0 Å². The Labute approximate surface area is 185 Å². The number of carbonyl (C=O) groups is 2. The van der Waals surface area contributed by atoms with Crippen LogP contribution in [0.25, 0.3) is 6.08 Å². The van der Waals surface area contributed by atoms with Crippen LogP contribution in [0.3, 0.4) is 0 Å². The number of ether oxygens (including phenoxy) is 2. The minimum absolute atomic E-state index is 0.157. The van der Waals surface area contributed by atoms with Crippen LogP contribution in [-0.2, 0) is 9.59 Å². The molecule has 2 aromatic rings. The van der Waals surface area contributed by atoms with E-state index < -0.39 is 0 Å². The van der Waals surface area contributed by atoms with Gasteiger partial charge in [-0.05, 0) is 42.8 Å². The topological polar surface area (TPSA) is 67.9 Å². The largest absolute Gasteiger partial charge is 0.493 e. The number of nitrogens with one attached hydrogen (secondary N) is 1. The zero-order valence-corrected chi connectivity index (χ0v) is 18.6. The Balaban J connectivity index is 1.63. The number of nitrogens with zero attached hydrogens (tertiary/aromatic N) is 1. The fourth-order valence-corrected chi connectivity index (χ4v) is 4.17. The first-order chi connectivity index (χ1) is 14.4. The summed E-state index contributed by atoms with van der Waals surface area (Å²) in [5.41, 5.74) is 2.64. The van der Waals surface area contributed by atoms with Gasteiger partial charge in [0, 0.05) is 18.7 Å². The summed E-state index contributed by atoms with van der Waals surface area (Å²) in [5, 5.41) is 2.83. The van der Waals surface area contributed by atoms with Crippen LogP contribution in [0.5, 0.6) is 11.5 Å². The van der Waals surface area contributed by atoms with Gasteiger partial charge < -0.3 is 14.8 Å². The third-order valence-electron chi connectivity index (χ3n) is 4.48. The van der Waals surface area contributed by atoms with Gasteiger partial charge in [0.2, 0.25) is 5.91 Å². The number of carbonyl (C=O) groups excluding carboxylic acids is 2. The highest BCUT2D eigenvalue weighted by Gasteiger charge is 2.32. The number of hydrogen-bond acceptors (Lipinski definition) is 6. The molecule has 0 aliphatic carbocycles. The van der Waals surface area contributed by atoms with Crippen molar-refractivity contribution in [1.82, 2.24) is 4.90 Å². The van der Waals surface area contributed by atoms with Crippen molar-refractivity contribution in [3.8, 4) is 11.5 Å². The van der Waals surface area contributed by atoms with Crippen LogP contribution in [0, 0.1) is 6.92 Å². The number of thiocarbonyl (C=S) groups is 1. The quantitative estimate of drug-likeness (QED) is 0.511. The van der Waals surface area contributed by atoms with Crippen molar-refractivity contribution in [2.45, 2.75) is 13.3 Å². The number of amides is 2. The van der Waals surface area contributed by atoms with Gasteiger partial charge in [-0.25, -0.2) is 0 Å². The van der Waals surface area contributed by atoms with E-state index in [-0.39, 0.29) is 24.8 Å². The van der Waals surface area contributed by atoms with Crippen LogP contribution in [0.2, 0.25) is 0 Å². The summed E-state index contributed by atoms with van der Waals surface area (Å²) in [4.78, 5) is 27.0. The highest BCUT2D eigenvalue weighted by atomic mass is 32.2. The third kappa shape index (κ3) is 5.20. The second-order valence-electron chi connectivity index (χ2n) is 6.61.